The molecule has 0 atom stereocenters. The molecular formula is C69H57NO. The quantitative estimate of drug-likeness (QED) is 0.151. The second kappa shape index (κ2) is 17.0. The third-order valence-electron chi connectivity index (χ3n) is 14.8. The van der Waals surface area contributed by atoms with Crippen molar-refractivity contribution >= 4 is 39.0 Å². The molecule has 2 heteroatoms. The summed E-state index contributed by atoms with van der Waals surface area (Å²) in [5, 5.41) is 2.15. The van der Waals surface area contributed by atoms with Crippen LogP contribution in [0.15, 0.2) is 241 Å². The highest BCUT2D eigenvalue weighted by atomic mass is 16.3. The van der Waals surface area contributed by atoms with Crippen LogP contribution >= 0.6 is 0 Å². The van der Waals surface area contributed by atoms with Crippen LogP contribution in [0.25, 0.3) is 66.4 Å². The molecule has 0 bridgehead atoms. The number of hydrogen-bond donors (Lipinski definition) is 0. The van der Waals surface area contributed by atoms with Crippen LogP contribution in [-0.4, -0.2) is 0 Å². The van der Waals surface area contributed by atoms with Crippen molar-refractivity contribution in [1.29, 1.82) is 0 Å². The molecular weight excluding hydrogens is 859 g/mol. The molecule has 1 heterocycles. The molecule has 0 unspecified atom stereocenters. The average molecular weight is 916 g/mol. The monoisotopic (exact) mass is 915 g/mol. The topological polar surface area (TPSA) is 16.4 Å². The number of furan rings is 1. The molecule has 0 saturated heterocycles. The van der Waals surface area contributed by atoms with E-state index in [2.05, 4.69) is 283 Å². The molecule has 10 aromatic carbocycles. The second-order valence-electron chi connectivity index (χ2n) is 21.3. The predicted octanol–water partition coefficient (Wildman–Crippen LogP) is 19.0. The minimum Gasteiger partial charge on any atom is -0.456 e. The Morgan fingerprint density at radius 2 is 0.873 bits per heavy atom. The molecule has 0 amide bonds. The number of benzene rings is 10. The molecule has 0 spiro atoms. The smallest absolute Gasteiger partial charge is 0.137 e. The summed E-state index contributed by atoms with van der Waals surface area (Å²) in [4.78, 5) is 2.46. The van der Waals surface area contributed by atoms with Gasteiger partial charge in [-0.15, -0.1) is 0 Å². The molecule has 1 aromatic heterocycles. The van der Waals surface area contributed by atoms with E-state index in [0.717, 1.165) is 44.6 Å². The summed E-state index contributed by atoms with van der Waals surface area (Å²) in [6, 6.07) is 87.3. The van der Waals surface area contributed by atoms with Crippen molar-refractivity contribution in [2.45, 2.75) is 57.8 Å². The highest BCUT2D eigenvalue weighted by Gasteiger charge is 2.46. The van der Waals surface area contributed by atoms with Gasteiger partial charge in [-0.1, -0.05) is 224 Å². The second-order valence-corrected chi connectivity index (χ2v) is 21.3. The Labute approximate surface area is 418 Å². The van der Waals surface area contributed by atoms with E-state index in [9.17, 15) is 0 Å². The fourth-order valence-electron chi connectivity index (χ4n) is 11.6. The Bertz CT molecular complexity index is 3690. The molecule has 71 heavy (non-hydrogen) atoms. The molecule has 0 saturated carbocycles. The Kier molecular flexibility index (Phi) is 10.6. The van der Waals surface area contributed by atoms with Crippen LogP contribution in [0.3, 0.4) is 0 Å². The van der Waals surface area contributed by atoms with Crippen LogP contribution in [0.1, 0.15) is 74.9 Å². The lowest BCUT2D eigenvalue weighted by atomic mass is 9.67. The van der Waals surface area contributed by atoms with Crippen molar-refractivity contribution in [1.82, 2.24) is 0 Å². The van der Waals surface area contributed by atoms with Gasteiger partial charge in [0, 0.05) is 16.8 Å². The van der Waals surface area contributed by atoms with E-state index in [-0.39, 0.29) is 10.8 Å². The van der Waals surface area contributed by atoms with Crippen molar-refractivity contribution in [3.8, 4) is 44.5 Å². The summed E-state index contributed by atoms with van der Waals surface area (Å²) in [5.74, 6) is 0. The van der Waals surface area contributed by atoms with Crippen LogP contribution in [0.4, 0.5) is 17.1 Å². The van der Waals surface area contributed by atoms with Crippen LogP contribution in [0.5, 0.6) is 0 Å². The first-order chi connectivity index (χ1) is 34.5. The summed E-state index contributed by atoms with van der Waals surface area (Å²) < 4.78 is 6.75. The SMILES string of the molecule is CC(C)(C)c1cccc(C(C)(C)C)c1-c1ccc(N(c2cccc(C3(c4cccc(-c5ccccc5)c4)c4ccccc4-c4ccccc43)c2)c2cccc3oc4ccc(-c5ccccc5)cc4c23)cc1. The van der Waals surface area contributed by atoms with Gasteiger partial charge in [-0.3, -0.25) is 0 Å². The van der Waals surface area contributed by atoms with E-state index >= 15 is 0 Å². The highest BCUT2D eigenvalue weighted by molar-refractivity contribution is 6.14. The van der Waals surface area contributed by atoms with Gasteiger partial charge in [0.1, 0.15) is 11.2 Å². The third kappa shape index (κ3) is 7.40. The highest BCUT2D eigenvalue weighted by Crippen LogP contribution is 2.57. The summed E-state index contributed by atoms with van der Waals surface area (Å²) in [5.41, 5.74) is 21.6. The van der Waals surface area contributed by atoms with Gasteiger partial charge in [-0.05, 0) is 143 Å². The maximum absolute atomic E-state index is 6.75. The summed E-state index contributed by atoms with van der Waals surface area (Å²) in [6.07, 6.45) is 0. The number of fused-ring (bicyclic) bond motifs is 6. The van der Waals surface area contributed by atoms with Crippen LogP contribution < -0.4 is 4.90 Å². The normalized spacial score (nSPS) is 13.0. The Morgan fingerprint density at radius 3 is 1.49 bits per heavy atom. The van der Waals surface area contributed by atoms with E-state index in [0.29, 0.717) is 0 Å². The lowest BCUT2D eigenvalue weighted by Gasteiger charge is -2.35. The zero-order valence-electron chi connectivity index (χ0n) is 41.4. The van der Waals surface area contributed by atoms with Gasteiger partial charge in [0.05, 0.1) is 16.5 Å². The minimum atomic E-state index is -0.623. The van der Waals surface area contributed by atoms with Crippen molar-refractivity contribution in [3.05, 3.63) is 270 Å². The van der Waals surface area contributed by atoms with Crippen LogP contribution in [0, 0.1) is 0 Å². The van der Waals surface area contributed by atoms with Gasteiger partial charge in [0.2, 0.25) is 0 Å². The van der Waals surface area contributed by atoms with Gasteiger partial charge >= 0.3 is 0 Å². The van der Waals surface area contributed by atoms with E-state index in [1.807, 2.05) is 0 Å². The number of rotatable bonds is 8. The zero-order valence-corrected chi connectivity index (χ0v) is 41.4. The van der Waals surface area contributed by atoms with Gasteiger partial charge < -0.3 is 9.32 Å². The standard InChI is InChI=1S/C69H57NO/c1-67(2,3)60-33-19-34-61(68(4,5)6)65(60)48-37-40-53(41-38-48)70(62-35-20-36-64-66(62)57-44-50(39-42-63(57)71-64)47-23-11-8-12-24-47)54-28-18-27-52(45-54)69(51-26-17-25-49(43-51)46-21-9-7-10-22-46)58-31-15-13-29-55(58)56-30-14-16-32-59(56)69/h7-45H,1-6H3. The number of hydrogen-bond acceptors (Lipinski definition) is 2. The van der Waals surface area contributed by atoms with Gasteiger partial charge in [-0.25, -0.2) is 0 Å². The molecule has 0 aliphatic heterocycles. The lowest BCUT2D eigenvalue weighted by molar-refractivity contribution is 0.572. The first-order valence-corrected chi connectivity index (χ1v) is 25.0. The van der Waals surface area contributed by atoms with Crippen molar-refractivity contribution in [2.24, 2.45) is 0 Å². The molecule has 0 fully saturated rings. The molecule has 0 radical (unpaired) electrons. The maximum atomic E-state index is 6.75. The Hall–Kier alpha value is -8.20. The Balaban J connectivity index is 1.12. The predicted molar refractivity (Wildman–Crippen MR) is 299 cm³/mol. The molecule has 344 valence electrons. The average Bonchev–Trinajstić information content (AvgIpc) is 3.93. The fourth-order valence-corrected chi connectivity index (χ4v) is 11.6. The Morgan fingerprint density at radius 1 is 0.366 bits per heavy atom. The summed E-state index contributed by atoms with van der Waals surface area (Å²) >= 11 is 0. The molecule has 12 rings (SSSR count). The zero-order chi connectivity index (χ0) is 48.5. The van der Waals surface area contributed by atoms with Gasteiger partial charge in [-0.2, -0.15) is 0 Å². The fraction of sp³-hybridized carbons (Fsp3) is 0.130. The summed E-state index contributed by atoms with van der Waals surface area (Å²) in [6.45, 7) is 14.0. The van der Waals surface area contributed by atoms with Crippen molar-refractivity contribution in [3.63, 3.8) is 0 Å². The summed E-state index contributed by atoms with van der Waals surface area (Å²) in [7, 11) is 0. The lowest BCUT2D eigenvalue weighted by Crippen LogP contribution is -2.29. The van der Waals surface area contributed by atoms with Crippen LogP contribution in [-0.2, 0) is 16.2 Å². The first-order valence-electron chi connectivity index (χ1n) is 25.0. The third-order valence-corrected chi connectivity index (χ3v) is 14.8. The maximum Gasteiger partial charge on any atom is 0.137 e. The molecule has 11 aromatic rings. The van der Waals surface area contributed by atoms with E-state index in [1.165, 1.54) is 72.3 Å². The van der Waals surface area contributed by atoms with Crippen molar-refractivity contribution < 1.29 is 4.42 Å². The molecule has 1 aliphatic rings. The minimum absolute atomic E-state index is 0.0492. The first kappa shape index (κ1) is 44.0. The van der Waals surface area contributed by atoms with Gasteiger partial charge in [0.15, 0.2) is 0 Å². The molecule has 1 aliphatic carbocycles. The molecule has 0 N–H and O–H groups in total. The van der Waals surface area contributed by atoms with E-state index < -0.39 is 5.41 Å². The number of nitrogens with zero attached hydrogens (tertiary/aromatic N) is 1. The van der Waals surface area contributed by atoms with Crippen LogP contribution in [0.2, 0.25) is 0 Å². The van der Waals surface area contributed by atoms with E-state index in [1.54, 1.807) is 0 Å². The van der Waals surface area contributed by atoms with Gasteiger partial charge in [0.25, 0.3) is 0 Å². The molecule has 2 nitrogen and oxygen atoms in total. The van der Waals surface area contributed by atoms with E-state index in [4.69, 9.17) is 4.42 Å². The number of anilines is 3. The van der Waals surface area contributed by atoms with Crippen molar-refractivity contribution in [2.75, 3.05) is 4.90 Å². The largest absolute Gasteiger partial charge is 0.456 e.